The summed E-state index contributed by atoms with van der Waals surface area (Å²) in [6, 6.07) is 0. The van der Waals surface area contributed by atoms with Crippen molar-refractivity contribution < 1.29 is 18.3 Å². The lowest BCUT2D eigenvalue weighted by molar-refractivity contribution is -0.142. The maximum Gasteiger partial charge on any atom is 0.313 e. The van der Waals surface area contributed by atoms with E-state index in [1.54, 1.807) is 13.8 Å². The summed E-state index contributed by atoms with van der Waals surface area (Å²) in [5, 5.41) is 0. The fraction of sp³-hybridized carbons (Fsp3) is 0.700. The predicted octanol–water partition coefficient (Wildman–Crippen LogP) is 2.15. The van der Waals surface area contributed by atoms with Crippen LogP contribution in [0.15, 0.2) is 11.1 Å². The molecule has 4 heteroatoms. The van der Waals surface area contributed by atoms with Gasteiger partial charge in [0.2, 0.25) is 0 Å². The van der Waals surface area contributed by atoms with Crippen LogP contribution in [0.5, 0.6) is 0 Å². The van der Waals surface area contributed by atoms with E-state index in [-0.39, 0.29) is 12.0 Å². The van der Waals surface area contributed by atoms with E-state index in [0.717, 1.165) is 0 Å². The SMILES string of the molecule is COC(=O)C1C(=C2CC2(F)F)C1(C)C. The van der Waals surface area contributed by atoms with Crippen LogP contribution in [-0.2, 0) is 9.53 Å². The predicted molar refractivity (Wildman–Crippen MR) is 45.9 cm³/mol. The molecule has 0 N–H and O–H groups in total. The molecule has 0 aromatic carbocycles. The molecule has 2 aliphatic rings. The monoisotopic (exact) mass is 202 g/mol. The number of esters is 1. The van der Waals surface area contributed by atoms with Crippen molar-refractivity contribution in [2.75, 3.05) is 7.11 Å². The minimum atomic E-state index is -2.66. The van der Waals surface area contributed by atoms with Crippen molar-refractivity contribution in [3.63, 3.8) is 0 Å². The molecule has 0 heterocycles. The minimum Gasteiger partial charge on any atom is -0.469 e. The molecule has 2 fully saturated rings. The van der Waals surface area contributed by atoms with Crippen LogP contribution in [0.4, 0.5) is 8.78 Å². The molecular weight excluding hydrogens is 190 g/mol. The zero-order valence-corrected chi connectivity index (χ0v) is 8.36. The van der Waals surface area contributed by atoms with Crippen LogP contribution in [0, 0.1) is 11.3 Å². The third kappa shape index (κ3) is 1.09. The molecule has 78 valence electrons. The smallest absolute Gasteiger partial charge is 0.313 e. The first kappa shape index (κ1) is 9.62. The molecule has 14 heavy (non-hydrogen) atoms. The fourth-order valence-corrected chi connectivity index (χ4v) is 2.11. The Morgan fingerprint density at radius 1 is 1.50 bits per heavy atom. The van der Waals surface area contributed by atoms with E-state index in [1.165, 1.54) is 7.11 Å². The van der Waals surface area contributed by atoms with Crippen LogP contribution < -0.4 is 0 Å². The highest BCUT2D eigenvalue weighted by molar-refractivity contribution is 5.85. The van der Waals surface area contributed by atoms with E-state index in [0.29, 0.717) is 5.57 Å². The Bertz CT molecular complexity index is 342. The zero-order chi connectivity index (χ0) is 10.7. The number of hydrogen-bond acceptors (Lipinski definition) is 2. The van der Waals surface area contributed by atoms with E-state index in [9.17, 15) is 13.6 Å². The van der Waals surface area contributed by atoms with Gasteiger partial charge in [-0.15, -0.1) is 0 Å². The Morgan fingerprint density at radius 3 is 2.36 bits per heavy atom. The number of alkyl halides is 2. The van der Waals surface area contributed by atoms with E-state index in [2.05, 4.69) is 4.74 Å². The molecule has 2 aliphatic carbocycles. The van der Waals surface area contributed by atoms with Crippen LogP contribution >= 0.6 is 0 Å². The molecule has 0 bridgehead atoms. The van der Waals surface area contributed by atoms with Crippen LogP contribution in [0.2, 0.25) is 0 Å². The van der Waals surface area contributed by atoms with E-state index in [1.807, 2.05) is 0 Å². The van der Waals surface area contributed by atoms with Gasteiger partial charge in [-0.2, -0.15) is 0 Å². The second-order valence-corrected chi connectivity index (χ2v) is 4.45. The first-order valence-electron chi connectivity index (χ1n) is 4.52. The molecule has 1 unspecified atom stereocenters. The number of ether oxygens (including phenoxy) is 1. The van der Waals surface area contributed by atoms with Crippen LogP contribution in [0.3, 0.4) is 0 Å². The van der Waals surface area contributed by atoms with Gasteiger partial charge in [0, 0.05) is 17.4 Å². The van der Waals surface area contributed by atoms with Crippen molar-refractivity contribution in [3.05, 3.63) is 11.1 Å². The molecule has 0 spiro atoms. The summed E-state index contributed by atoms with van der Waals surface area (Å²) in [5.41, 5.74) is 0.315. The Labute approximate surface area is 80.9 Å². The minimum absolute atomic E-state index is 0.151. The largest absolute Gasteiger partial charge is 0.469 e. The normalized spacial score (nSPS) is 36.5. The van der Waals surface area contributed by atoms with Crippen LogP contribution in [-0.4, -0.2) is 19.0 Å². The van der Waals surface area contributed by atoms with Gasteiger partial charge in [-0.1, -0.05) is 13.8 Å². The standard InChI is InChI=1S/C10H12F2O2/c1-9(2)6(5-4-10(5,11)12)7(9)8(13)14-3/h7H,4H2,1-3H3. The molecule has 0 saturated heterocycles. The van der Waals surface area contributed by atoms with Gasteiger partial charge in [0.25, 0.3) is 5.92 Å². The number of carbonyl (C=O) groups excluding carboxylic acids is 1. The van der Waals surface area contributed by atoms with E-state index in [4.69, 9.17) is 0 Å². The second-order valence-electron chi connectivity index (χ2n) is 4.45. The second kappa shape index (κ2) is 2.35. The lowest BCUT2D eigenvalue weighted by Gasteiger charge is -1.97. The van der Waals surface area contributed by atoms with Gasteiger partial charge in [0.15, 0.2) is 0 Å². The van der Waals surface area contributed by atoms with Crippen molar-refractivity contribution in [3.8, 4) is 0 Å². The highest BCUT2D eigenvalue weighted by Crippen LogP contribution is 2.67. The third-order valence-electron chi connectivity index (χ3n) is 3.10. The quantitative estimate of drug-likeness (QED) is 0.481. The van der Waals surface area contributed by atoms with Gasteiger partial charge in [-0.3, -0.25) is 4.79 Å². The average Bonchev–Trinajstić information content (AvgIpc) is 2.84. The van der Waals surface area contributed by atoms with Gasteiger partial charge in [-0.25, -0.2) is 8.78 Å². The van der Waals surface area contributed by atoms with Crippen LogP contribution in [0.1, 0.15) is 20.3 Å². The molecule has 2 rings (SSSR count). The zero-order valence-electron chi connectivity index (χ0n) is 8.36. The van der Waals surface area contributed by atoms with E-state index >= 15 is 0 Å². The maximum atomic E-state index is 12.8. The van der Waals surface area contributed by atoms with Crippen molar-refractivity contribution in [1.29, 1.82) is 0 Å². The summed E-state index contributed by atoms with van der Waals surface area (Å²) in [6.45, 7) is 3.59. The van der Waals surface area contributed by atoms with Crippen molar-refractivity contribution in [2.45, 2.75) is 26.2 Å². The van der Waals surface area contributed by atoms with Crippen molar-refractivity contribution >= 4 is 5.97 Å². The maximum absolute atomic E-state index is 12.8. The van der Waals surface area contributed by atoms with Gasteiger partial charge < -0.3 is 4.74 Å². The lowest BCUT2D eigenvalue weighted by atomic mass is 10.1. The summed E-state index contributed by atoms with van der Waals surface area (Å²) < 4.78 is 30.1. The molecule has 0 aromatic heterocycles. The van der Waals surface area contributed by atoms with Gasteiger partial charge in [0.1, 0.15) is 0 Å². The Kier molecular flexibility index (Phi) is 1.62. The molecule has 0 aliphatic heterocycles. The molecular formula is C10H12F2O2. The summed E-state index contributed by atoms with van der Waals surface area (Å²) in [7, 11) is 1.28. The highest BCUT2D eigenvalue weighted by Gasteiger charge is 2.66. The lowest BCUT2D eigenvalue weighted by Crippen LogP contribution is -2.07. The van der Waals surface area contributed by atoms with Gasteiger partial charge in [0.05, 0.1) is 13.0 Å². The van der Waals surface area contributed by atoms with Crippen molar-refractivity contribution in [1.82, 2.24) is 0 Å². The Morgan fingerprint density at radius 2 is 2.00 bits per heavy atom. The number of carbonyl (C=O) groups is 1. The summed E-state index contributed by atoms with van der Waals surface area (Å²) in [5.74, 6) is -3.51. The molecule has 0 radical (unpaired) electrons. The highest BCUT2D eigenvalue weighted by atomic mass is 19.3. The summed E-state index contributed by atoms with van der Waals surface area (Å²) in [4.78, 5) is 11.2. The summed E-state index contributed by atoms with van der Waals surface area (Å²) >= 11 is 0. The number of halogens is 2. The van der Waals surface area contributed by atoms with Gasteiger partial charge in [-0.05, 0) is 5.57 Å². The average molecular weight is 202 g/mol. The number of methoxy groups -OCH3 is 1. The van der Waals surface area contributed by atoms with Gasteiger partial charge >= 0.3 is 5.97 Å². The first-order chi connectivity index (χ1) is 6.32. The van der Waals surface area contributed by atoms with Crippen LogP contribution in [0.25, 0.3) is 0 Å². The fourth-order valence-electron chi connectivity index (χ4n) is 2.11. The third-order valence-corrected chi connectivity index (χ3v) is 3.10. The Hall–Kier alpha value is -0.930. The molecule has 1 atom stereocenters. The Balaban J connectivity index is 2.27. The van der Waals surface area contributed by atoms with E-state index < -0.39 is 23.2 Å². The number of hydrogen-bond donors (Lipinski definition) is 0. The molecule has 0 amide bonds. The molecule has 0 aromatic rings. The topological polar surface area (TPSA) is 26.3 Å². The molecule has 2 nitrogen and oxygen atoms in total. The summed E-state index contributed by atoms with van der Waals surface area (Å²) in [6.07, 6.45) is -0.181. The number of rotatable bonds is 1. The van der Waals surface area contributed by atoms with Crippen molar-refractivity contribution in [2.24, 2.45) is 11.3 Å². The first-order valence-corrected chi connectivity index (χ1v) is 4.52. The molecule has 2 saturated carbocycles. The number of allylic oxidation sites excluding steroid dienone is 1.